The van der Waals surface area contributed by atoms with Gasteiger partial charge in [0.25, 0.3) is 0 Å². The first-order valence-electron chi connectivity index (χ1n) is 5.82. The summed E-state index contributed by atoms with van der Waals surface area (Å²) in [5.74, 6) is 0. The summed E-state index contributed by atoms with van der Waals surface area (Å²) in [5, 5.41) is 12.2. The fraction of sp³-hybridized carbons (Fsp3) is 0.538. The van der Waals surface area contributed by atoms with Crippen LogP contribution in [-0.2, 0) is 6.54 Å². The molecule has 1 rings (SSSR count). The first-order valence-corrected chi connectivity index (χ1v) is 5.82. The highest BCUT2D eigenvalue weighted by atomic mass is 16.3. The highest BCUT2D eigenvalue weighted by Gasteiger charge is 2.06. The second-order valence-corrected chi connectivity index (χ2v) is 3.95. The fourth-order valence-corrected chi connectivity index (χ4v) is 1.96. The van der Waals surface area contributed by atoms with Crippen molar-refractivity contribution in [3.05, 3.63) is 29.3 Å². The molecule has 90 valence electrons. The molecule has 3 heteroatoms. The molecule has 0 saturated carbocycles. The quantitative estimate of drug-likeness (QED) is 0.766. The van der Waals surface area contributed by atoms with Crippen LogP contribution in [0.2, 0.25) is 0 Å². The Morgan fingerprint density at radius 1 is 1.38 bits per heavy atom. The molecule has 1 aromatic carbocycles. The third kappa shape index (κ3) is 3.22. The number of likely N-dealkylation sites (N-methyl/N-ethyl adjacent to an activating group) is 1. The van der Waals surface area contributed by atoms with Crippen molar-refractivity contribution >= 4 is 5.69 Å². The zero-order valence-corrected chi connectivity index (χ0v) is 10.5. The van der Waals surface area contributed by atoms with Gasteiger partial charge in [0.05, 0.1) is 6.61 Å². The van der Waals surface area contributed by atoms with Gasteiger partial charge in [-0.2, -0.15) is 0 Å². The summed E-state index contributed by atoms with van der Waals surface area (Å²) in [5.41, 5.74) is 3.78. The number of nitrogens with zero attached hydrogens (tertiary/aromatic N) is 1. The third-order valence-corrected chi connectivity index (χ3v) is 2.73. The van der Waals surface area contributed by atoms with E-state index in [0.29, 0.717) is 6.54 Å². The van der Waals surface area contributed by atoms with Crippen LogP contribution in [0.1, 0.15) is 18.1 Å². The maximum Gasteiger partial charge on any atom is 0.0606 e. The molecule has 0 heterocycles. The van der Waals surface area contributed by atoms with Crippen molar-refractivity contribution in [3.63, 3.8) is 0 Å². The van der Waals surface area contributed by atoms with E-state index in [1.54, 1.807) is 0 Å². The highest BCUT2D eigenvalue weighted by molar-refractivity contribution is 5.54. The van der Waals surface area contributed by atoms with Gasteiger partial charge in [-0.1, -0.05) is 12.1 Å². The molecule has 0 aromatic heterocycles. The lowest BCUT2D eigenvalue weighted by atomic mass is 10.1. The molecule has 1 aromatic rings. The number of rotatable bonds is 6. The number of benzene rings is 1. The smallest absolute Gasteiger partial charge is 0.0606 e. The first kappa shape index (κ1) is 13.0. The van der Waals surface area contributed by atoms with E-state index in [1.807, 2.05) is 7.05 Å². The largest absolute Gasteiger partial charge is 0.395 e. The summed E-state index contributed by atoms with van der Waals surface area (Å²) in [6.45, 7) is 6.94. The number of hydrogen-bond donors (Lipinski definition) is 2. The SMILES string of the molecule is CCN(CCO)c1ccc(CNC)cc1C. The van der Waals surface area contributed by atoms with Crippen LogP contribution in [0.4, 0.5) is 5.69 Å². The van der Waals surface area contributed by atoms with Gasteiger partial charge in [0.1, 0.15) is 0 Å². The number of nitrogens with one attached hydrogen (secondary N) is 1. The molecule has 0 aliphatic rings. The molecule has 16 heavy (non-hydrogen) atoms. The van der Waals surface area contributed by atoms with E-state index in [4.69, 9.17) is 5.11 Å². The number of aliphatic hydroxyl groups is 1. The molecule has 0 aliphatic carbocycles. The Morgan fingerprint density at radius 3 is 2.62 bits per heavy atom. The minimum Gasteiger partial charge on any atom is -0.395 e. The lowest BCUT2D eigenvalue weighted by Crippen LogP contribution is -2.26. The molecule has 2 N–H and O–H groups in total. The van der Waals surface area contributed by atoms with E-state index in [2.05, 4.69) is 42.3 Å². The molecule has 0 radical (unpaired) electrons. The minimum atomic E-state index is 0.200. The van der Waals surface area contributed by atoms with Gasteiger partial charge in [-0.05, 0) is 38.1 Å². The molecule has 0 bridgehead atoms. The monoisotopic (exact) mass is 222 g/mol. The van der Waals surface area contributed by atoms with Crippen molar-refractivity contribution in [1.82, 2.24) is 5.32 Å². The number of hydrogen-bond acceptors (Lipinski definition) is 3. The molecular formula is C13H22N2O. The summed E-state index contributed by atoms with van der Waals surface area (Å²) in [6, 6.07) is 6.48. The topological polar surface area (TPSA) is 35.5 Å². The summed E-state index contributed by atoms with van der Waals surface area (Å²) in [7, 11) is 1.95. The van der Waals surface area contributed by atoms with Gasteiger partial charge in [-0.15, -0.1) is 0 Å². The maximum atomic E-state index is 9.01. The van der Waals surface area contributed by atoms with Gasteiger partial charge in [0.2, 0.25) is 0 Å². The normalized spacial score (nSPS) is 10.5. The molecule has 0 amide bonds. The average molecular weight is 222 g/mol. The zero-order chi connectivity index (χ0) is 12.0. The Hall–Kier alpha value is -1.06. The maximum absolute atomic E-state index is 9.01. The van der Waals surface area contributed by atoms with E-state index in [0.717, 1.165) is 13.1 Å². The Balaban J connectivity index is 2.87. The molecule has 0 aliphatic heterocycles. The minimum absolute atomic E-state index is 0.200. The summed E-state index contributed by atoms with van der Waals surface area (Å²) in [6.07, 6.45) is 0. The zero-order valence-electron chi connectivity index (χ0n) is 10.5. The molecular weight excluding hydrogens is 200 g/mol. The van der Waals surface area contributed by atoms with E-state index in [-0.39, 0.29) is 6.61 Å². The van der Waals surface area contributed by atoms with Crippen LogP contribution in [0.5, 0.6) is 0 Å². The van der Waals surface area contributed by atoms with Crippen molar-refractivity contribution in [1.29, 1.82) is 0 Å². The highest BCUT2D eigenvalue weighted by Crippen LogP contribution is 2.20. The predicted molar refractivity (Wildman–Crippen MR) is 68.9 cm³/mol. The second-order valence-electron chi connectivity index (χ2n) is 3.95. The first-order chi connectivity index (χ1) is 7.72. The number of anilines is 1. The van der Waals surface area contributed by atoms with Crippen molar-refractivity contribution in [3.8, 4) is 0 Å². The average Bonchev–Trinajstić information content (AvgIpc) is 2.27. The van der Waals surface area contributed by atoms with Crippen LogP contribution >= 0.6 is 0 Å². The van der Waals surface area contributed by atoms with Gasteiger partial charge < -0.3 is 15.3 Å². The Labute approximate surface area is 98.1 Å². The molecule has 0 atom stereocenters. The van der Waals surface area contributed by atoms with Gasteiger partial charge in [-0.3, -0.25) is 0 Å². The van der Waals surface area contributed by atoms with E-state index >= 15 is 0 Å². The van der Waals surface area contributed by atoms with E-state index < -0.39 is 0 Å². The fourth-order valence-electron chi connectivity index (χ4n) is 1.96. The van der Waals surface area contributed by atoms with Crippen LogP contribution in [0.25, 0.3) is 0 Å². The molecule has 0 saturated heterocycles. The van der Waals surface area contributed by atoms with Crippen LogP contribution in [0.3, 0.4) is 0 Å². The van der Waals surface area contributed by atoms with Crippen LogP contribution in [0, 0.1) is 6.92 Å². The molecule has 0 spiro atoms. The summed E-state index contributed by atoms with van der Waals surface area (Å²) in [4.78, 5) is 2.19. The Kier molecular flexibility index (Phi) is 5.29. The standard InChI is InChI=1S/C13H22N2O/c1-4-15(7-8-16)13-6-5-12(10-14-3)9-11(13)2/h5-6,9,14,16H,4,7-8,10H2,1-3H3. The molecule has 0 fully saturated rings. The van der Waals surface area contributed by atoms with Crippen LogP contribution in [0.15, 0.2) is 18.2 Å². The lowest BCUT2D eigenvalue weighted by Gasteiger charge is -2.24. The van der Waals surface area contributed by atoms with Gasteiger partial charge >= 0.3 is 0 Å². The van der Waals surface area contributed by atoms with E-state index in [9.17, 15) is 0 Å². The number of aliphatic hydroxyl groups excluding tert-OH is 1. The van der Waals surface area contributed by atoms with Crippen molar-refractivity contribution in [2.45, 2.75) is 20.4 Å². The summed E-state index contributed by atoms with van der Waals surface area (Å²) >= 11 is 0. The van der Waals surface area contributed by atoms with E-state index in [1.165, 1.54) is 16.8 Å². The predicted octanol–water partition coefficient (Wildman–Crippen LogP) is 1.53. The Bertz CT molecular complexity index is 326. The second kappa shape index (κ2) is 6.51. The van der Waals surface area contributed by atoms with Gasteiger partial charge in [-0.25, -0.2) is 0 Å². The van der Waals surface area contributed by atoms with Crippen molar-refractivity contribution in [2.75, 3.05) is 31.6 Å². The molecule has 3 nitrogen and oxygen atoms in total. The van der Waals surface area contributed by atoms with Gasteiger partial charge in [0, 0.05) is 25.3 Å². The third-order valence-electron chi connectivity index (χ3n) is 2.73. The van der Waals surface area contributed by atoms with Crippen molar-refractivity contribution < 1.29 is 5.11 Å². The lowest BCUT2D eigenvalue weighted by molar-refractivity contribution is 0.302. The Morgan fingerprint density at radius 2 is 2.12 bits per heavy atom. The number of aryl methyl sites for hydroxylation is 1. The van der Waals surface area contributed by atoms with Crippen LogP contribution < -0.4 is 10.2 Å². The van der Waals surface area contributed by atoms with Gasteiger partial charge in [0.15, 0.2) is 0 Å². The van der Waals surface area contributed by atoms with Crippen LogP contribution in [-0.4, -0.2) is 31.9 Å². The molecule has 0 unspecified atom stereocenters. The summed E-state index contributed by atoms with van der Waals surface area (Å²) < 4.78 is 0. The van der Waals surface area contributed by atoms with Crippen molar-refractivity contribution in [2.24, 2.45) is 0 Å².